The van der Waals surface area contributed by atoms with Gasteiger partial charge in [0.2, 0.25) is 5.91 Å². The number of thioether (sulfide) groups is 1. The highest BCUT2D eigenvalue weighted by atomic mass is 32.2. The smallest absolute Gasteiger partial charge is 0.220 e. The van der Waals surface area contributed by atoms with Crippen LogP contribution < -0.4 is 10.6 Å². The van der Waals surface area contributed by atoms with Crippen molar-refractivity contribution in [2.24, 2.45) is 10.9 Å². The zero-order chi connectivity index (χ0) is 18.1. The Balaban J connectivity index is 1.92. The number of amides is 1. The van der Waals surface area contributed by atoms with E-state index in [0.717, 1.165) is 71.0 Å². The highest BCUT2D eigenvalue weighted by molar-refractivity contribution is 8.00. The maximum atomic E-state index is 11.6. The molecule has 0 atom stereocenters. The predicted octanol–water partition coefficient (Wildman–Crippen LogP) is 1.71. The van der Waals surface area contributed by atoms with Gasteiger partial charge in [-0.1, -0.05) is 0 Å². The van der Waals surface area contributed by atoms with Crippen molar-refractivity contribution >= 4 is 23.6 Å². The Morgan fingerprint density at radius 1 is 1.32 bits per heavy atom. The van der Waals surface area contributed by atoms with E-state index in [1.807, 2.05) is 11.8 Å². The third kappa shape index (κ3) is 6.06. The van der Waals surface area contributed by atoms with E-state index >= 15 is 0 Å². The summed E-state index contributed by atoms with van der Waals surface area (Å²) >= 11 is 1.93. The van der Waals surface area contributed by atoms with Crippen molar-refractivity contribution in [3.05, 3.63) is 0 Å². The molecule has 0 spiro atoms. The Hall–Kier alpha value is -0.950. The Bertz CT molecular complexity index is 444. The minimum Gasteiger partial charge on any atom is -0.381 e. The van der Waals surface area contributed by atoms with Crippen LogP contribution in [0.3, 0.4) is 0 Å². The first-order valence-electron chi connectivity index (χ1n) is 9.49. The second kappa shape index (κ2) is 10.3. The molecule has 2 aliphatic heterocycles. The summed E-state index contributed by atoms with van der Waals surface area (Å²) in [6, 6.07) is 0. The molecule has 0 unspecified atom stereocenters. The van der Waals surface area contributed by atoms with Crippen LogP contribution in [0.25, 0.3) is 0 Å². The molecule has 144 valence electrons. The summed E-state index contributed by atoms with van der Waals surface area (Å²) in [5.41, 5.74) is 0. The molecule has 7 heteroatoms. The van der Waals surface area contributed by atoms with Crippen LogP contribution in [0.2, 0.25) is 0 Å². The summed E-state index contributed by atoms with van der Waals surface area (Å²) in [6.07, 6.45) is 7.10. The van der Waals surface area contributed by atoms with Gasteiger partial charge in [-0.3, -0.25) is 9.79 Å². The highest BCUT2D eigenvalue weighted by Gasteiger charge is 2.32. The largest absolute Gasteiger partial charge is 0.381 e. The van der Waals surface area contributed by atoms with E-state index in [2.05, 4.69) is 28.7 Å². The molecule has 2 saturated heterocycles. The van der Waals surface area contributed by atoms with E-state index in [0.29, 0.717) is 12.3 Å². The van der Waals surface area contributed by atoms with Crippen molar-refractivity contribution in [2.45, 2.75) is 43.8 Å². The molecule has 2 heterocycles. The summed E-state index contributed by atoms with van der Waals surface area (Å²) in [5.74, 6) is 1.67. The third-order valence-corrected chi connectivity index (χ3v) is 6.76. The van der Waals surface area contributed by atoms with Gasteiger partial charge in [-0.15, -0.1) is 0 Å². The molecule has 2 N–H and O–H groups in total. The molecule has 0 aromatic carbocycles. The van der Waals surface area contributed by atoms with Gasteiger partial charge in [-0.05, 0) is 44.8 Å². The van der Waals surface area contributed by atoms with Crippen LogP contribution in [-0.2, 0) is 9.53 Å². The second-order valence-electron chi connectivity index (χ2n) is 6.98. The van der Waals surface area contributed by atoms with Gasteiger partial charge in [0.15, 0.2) is 5.96 Å². The maximum Gasteiger partial charge on any atom is 0.220 e. The Morgan fingerprint density at radius 3 is 2.56 bits per heavy atom. The average Bonchev–Trinajstić information content (AvgIpc) is 2.66. The number of hydrogen-bond donors (Lipinski definition) is 2. The van der Waals surface area contributed by atoms with Gasteiger partial charge in [-0.25, -0.2) is 0 Å². The molecular formula is C18H34N4O2S. The second-order valence-corrected chi connectivity index (χ2v) is 8.25. The number of piperidine rings is 1. The van der Waals surface area contributed by atoms with Crippen molar-refractivity contribution in [3.8, 4) is 0 Å². The van der Waals surface area contributed by atoms with E-state index < -0.39 is 0 Å². The quantitative estimate of drug-likeness (QED) is 0.550. The molecule has 1 amide bonds. The molecule has 6 nitrogen and oxygen atoms in total. The first kappa shape index (κ1) is 20.4. The lowest BCUT2D eigenvalue weighted by Crippen LogP contribution is -2.47. The molecule has 0 aliphatic carbocycles. The van der Waals surface area contributed by atoms with Crippen LogP contribution >= 0.6 is 11.8 Å². The minimum absolute atomic E-state index is 0.153. The van der Waals surface area contributed by atoms with Crippen molar-refractivity contribution in [1.29, 1.82) is 0 Å². The third-order valence-electron chi connectivity index (χ3n) is 5.36. The van der Waals surface area contributed by atoms with Crippen molar-refractivity contribution in [2.75, 3.05) is 52.7 Å². The van der Waals surface area contributed by atoms with E-state index in [-0.39, 0.29) is 10.7 Å². The number of aliphatic imine (C=N–C) groups is 1. The lowest BCUT2D eigenvalue weighted by atomic mass is 9.93. The Labute approximate surface area is 156 Å². The topological polar surface area (TPSA) is 66.0 Å². The lowest BCUT2D eigenvalue weighted by Gasteiger charge is -2.37. The number of rotatable bonds is 6. The first-order chi connectivity index (χ1) is 12.1. The normalized spacial score (nSPS) is 21.9. The van der Waals surface area contributed by atoms with E-state index in [9.17, 15) is 4.79 Å². The summed E-state index contributed by atoms with van der Waals surface area (Å²) in [5, 5.41) is 6.19. The van der Waals surface area contributed by atoms with Crippen molar-refractivity contribution in [1.82, 2.24) is 15.5 Å². The molecule has 2 fully saturated rings. The molecule has 0 bridgehead atoms. The number of nitrogens with zero attached hydrogens (tertiary/aromatic N) is 2. The number of ether oxygens (including phenoxy) is 1. The highest BCUT2D eigenvalue weighted by Crippen LogP contribution is 2.34. The van der Waals surface area contributed by atoms with Crippen molar-refractivity contribution < 1.29 is 9.53 Å². The number of carbonyl (C=O) groups is 1. The van der Waals surface area contributed by atoms with Gasteiger partial charge in [0.25, 0.3) is 0 Å². The van der Waals surface area contributed by atoms with Crippen molar-refractivity contribution in [3.63, 3.8) is 0 Å². The maximum absolute atomic E-state index is 11.6. The fraction of sp³-hybridized carbons (Fsp3) is 0.889. The first-order valence-corrected chi connectivity index (χ1v) is 10.7. The summed E-state index contributed by atoms with van der Waals surface area (Å²) in [6.45, 7) is 7.48. The van der Waals surface area contributed by atoms with Crippen LogP contribution in [0.5, 0.6) is 0 Å². The molecule has 0 aromatic heterocycles. The molecular weight excluding hydrogens is 336 g/mol. The molecule has 2 rings (SSSR count). The number of nitrogens with one attached hydrogen (secondary N) is 2. The number of likely N-dealkylation sites (tertiary alicyclic amines) is 1. The summed E-state index contributed by atoms with van der Waals surface area (Å²) in [7, 11) is 1.71. The van der Waals surface area contributed by atoms with Gasteiger partial charge < -0.3 is 20.3 Å². The fourth-order valence-corrected chi connectivity index (χ4v) is 4.30. The summed E-state index contributed by atoms with van der Waals surface area (Å²) in [4.78, 5) is 18.9. The van der Waals surface area contributed by atoms with Crippen LogP contribution in [0.4, 0.5) is 0 Å². The molecule has 0 aromatic rings. The van der Waals surface area contributed by atoms with Crippen LogP contribution in [0.1, 0.15) is 39.0 Å². The van der Waals surface area contributed by atoms with Gasteiger partial charge in [0.1, 0.15) is 0 Å². The van der Waals surface area contributed by atoms with Gasteiger partial charge >= 0.3 is 0 Å². The number of guanidine groups is 1. The molecule has 0 saturated carbocycles. The van der Waals surface area contributed by atoms with E-state index in [1.54, 1.807) is 7.05 Å². The summed E-state index contributed by atoms with van der Waals surface area (Å²) < 4.78 is 5.75. The van der Waals surface area contributed by atoms with Gasteiger partial charge in [0.05, 0.1) is 6.54 Å². The standard InChI is InChI=1S/C18H34N4O2S/c1-4-20-17(21-14-18(25-3)7-11-24-12-8-18)22-9-5-15(6-10-22)13-16(23)19-2/h15H,4-14H2,1-3H3,(H,19,23)(H,20,21). The zero-order valence-electron chi connectivity index (χ0n) is 16.0. The van der Waals surface area contributed by atoms with Crippen LogP contribution in [0, 0.1) is 5.92 Å². The van der Waals surface area contributed by atoms with Gasteiger partial charge in [-0.2, -0.15) is 11.8 Å². The fourth-order valence-electron chi connectivity index (χ4n) is 3.53. The van der Waals surface area contributed by atoms with Gasteiger partial charge in [0, 0.05) is 51.1 Å². The number of carbonyl (C=O) groups excluding carboxylic acids is 1. The molecule has 2 aliphatic rings. The zero-order valence-corrected chi connectivity index (χ0v) is 16.8. The Morgan fingerprint density at radius 2 is 2.00 bits per heavy atom. The number of hydrogen-bond acceptors (Lipinski definition) is 4. The average molecular weight is 371 g/mol. The van der Waals surface area contributed by atoms with E-state index in [4.69, 9.17) is 9.73 Å². The molecule has 0 radical (unpaired) electrons. The lowest BCUT2D eigenvalue weighted by molar-refractivity contribution is -0.121. The monoisotopic (exact) mass is 370 g/mol. The molecule has 25 heavy (non-hydrogen) atoms. The predicted molar refractivity (Wildman–Crippen MR) is 105 cm³/mol. The minimum atomic E-state index is 0.153. The van der Waals surface area contributed by atoms with E-state index in [1.165, 1.54) is 0 Å². The van der Waals surface area contributed by atoms with Crippen LogP contribution in [0.15, 0.2) is 4.99 Å². The van der Waals surface area contributed by atoms with Crippen LogP contribution in [-0.4, -0.2) is 74.2 Å². The SMILES string of the molecule is CCNC(=NCC1(SC)CCOCC1)N1CCC(CC(=O)NC)CC1. The Kier molecular flexibility index (Phi) is 8.36.